The Morgan fingerprint density at radius 3 is 2.93 bits per heavy atom. The standard InChI is InChI=1S/C9H18N2O2S/c1-9(2,13)6-11-8(12)7-5-14-4-3-10-7/h7,10,13H,3-6H2,1-2H3,(H,11,12). The Kier molecular flexibility index (Phi) is 4.22. The van der Waals surface area contributed by atoms with Crippen LogP contribution in [0.4, 0.5) is 0 Å². The summed E-state index contributed by atoms with van der Waals surface area (Å²) in [5.41, 5.74) is -0.836. The molecule has 1 rings (SSSR count). The predicted molar refractivity (Wildman–Crippen MR) is 58.4 cm³/mol. The van der Waals surface area contributed by atoms with Gasteiger partial charge in [-0.15, -0.1) is 0 Å². The van der Waals surface area contributed by atoms with Gasteiger partial charge in [0.2, 0.25) is 5.91 Å². The van der Waals surface area contributed by atoms with Crippen molar-refractivity contribution in [2.75, 3.05) is 24.6 Å². The van der Waals surface area contributed by atoms with Gasteiger partial charge >= 0.3 is 0 Å². The zero-order valence-corrected chi connectivity index (χ0v) is 9.49. The number of rotatable bonds is 3. The molecule has 0 radical (unpaired) electrons. The van der Waals surface area contributed by atoms with E-state index in [0.717, 1.165) is 18.1 Å². The van der Waals surface area contributed by atoms with Crippen molar-refractivity contribution in [1.82, 2.24) is 10.6 Å². The van der Waals surface area contributed by atoms with Crippen molar-refractivity contribution in [1.29, 1.82) is 0 Å². The zero-order valence-electron chi connectivity index (χ0n) is 8.67. The minimum Gasteiger partial charge on any atom is -0.389 e. The van der Waals surface area contributed by atoms with Gasteiger partial charge in [0.25, 0.3) is 0 Å². The lowest BCUT2D eigenvalue weighted by atomic mass is 10.1. The van der Waals surface area contributed by atoms with E-state index in [0.29, 0.717) is 6.54 Å². The van der Waals surface area contributed by atoms with Crippen molar-refractivity contribution in [2.24, 2.45) is 0 Å². The number of amides is 1. The molecule has 1 aliphatic heterocycles. The fourth-order valence-electron chi connectivity index (χ4n) is 1.16. The molecule has 14 heavy (non-hydrogen) atoms. The molecule has 1 unspecified atom stereocenters. The molecule has 5 heteroatoms. The lowest BCUT2D eigenvalue weighted by Gasteiger charge is -2.24. The summed E-state index contributed by atoms with van der Waals surface area (Å²) >= 11 is 1.78. The summed E-state index contributed by atoms with van der Waals surface area (Å²) in [5, 5.41) is 15.3. The van der Waals surface area contributed by atoms with Crippen LogP contribution in [-0.2, 0) is 4.79 Å². The molecule has 1 aliphatic rings. The first kappa shape index (κ1) is 11.8. The van der Waals surface area contributed by atoms with E-state index in [1.54, 1.807) is 25.6 Å². The summed E-state index contributed by atoms with van der Waals surface area (Å²) in [5.74, 6) is 1.87. The number of nitrogens with one attached hydrogen (secondary N) is 2. The van der Waals surface area contributed by atoms with E-state index in [1.165, 1.54) is 0 Å². The van der Waals surface area contributed by atoms with Crippen LogP contribution >= 0.6 is 11.8 Å². The molecule has 0 aromatic carbocycles. The van der Waals surface area contributed by atoms with Crippen molar-refractivity contribution in [2.45, 2.75) is 25.5 Å². The second-order valence-electron chi connectivity index (χ2n) is 4.11. The Balaban J connectivity index is 2.27. The van der Waals surface area contributed by atoms with E-state index in [1.807, 2.05) is 0 Å². The van der Waals surface area contributed by atoms with Gasteiger partial charge in [0.15, 0.2) is 0 Å². The molecule has 1 fully saturated rings. The van der Waals surface area contributed by atoms with E-state index in [9.17, 15) is 9.90 Å². The Bertz CT molecular complexity index is 197. The molecule has 1 saturated heterocycles. The maximum atomic E-state index is 11.5. The van der Waals surface area contributed by atoms with E-state index < -0.39 is 5.60 Å². The molecule has 1 atom stereocenters. The van der Waals surface area contributed by atoms with Crippen molar-refractivity contribution >= 4 is 17.7 Å². The van der Waals surface area contributed by atoms with E-state index in [-0.39, 0.29) is 11.9 Å². The van der Waals surface area contributed by atoms with E-state index in [2.05, 4.69) is 10.6 Å². The predicted octanol–water partition coefficient (Wildman–Crippen LogP) is -0.421. The molecule has 0 aromatic heterocycles. The summed E-state index contributed by atoms with van der Waals surface area (Å²) in [6.45, 7) is 4.53. The molecule has 82 valence electrons. The highest BCUT2D eigenvalue weighted by atomic mass is 32.2. The third kappa shape index (κ3) is 4.30. The highest BCUT2D eigenvalue weighted by Crippen LogP contribution is 2.07. The van der Waals surface area contributed by atoms with Crippen molar-refractivity contribution in [3.63, 3.8) is 0 Å². The van der Waals surface area contributed by atoms with Crippen LogP contribution in [0.15, 0.2) is 0 Å². The minimum atomic E-state index is -0.836. The molecule has 0 bridgehead atoms. The van der Waals surface area contributed by atoms with Crippen molar-refractivity contribution in [3.05, 3.63) is 0 Å². The largest absolute Gasteiger partial charge is 0.389 e. The molecular weight excluding hydrogens is 200 g/mol. The monoisotopic (exact) mass is 218 g/mol. The molecule has 1 heterocycles. The molecule has 0 aromatic rings. The highest BCUT2D eigenvalue weighted by Gasteiger charge is 2.22. The average molecular weight is 218 g/mol. The van der Waals surface area contributed by atoms with Gasteiger partial charge in [0.05, 0.1) is 11.6 Å². The summed E-state index contributed by atoms with van der Waals surface area (Å²) < 4.78 is 0. The Hall–Kier alpha value is -0.260. The maximum Gasteiger partial charge on any atom is 0.238 e. The fourth-order valence-corrected chi connectivity index (χ4v) is 2.09. The third-order valence-electron chi connectivity index (χ3n) is 1.93. The first-order chi connectivity index (χ1) is 6.49. The summed E-state index contributed by atoms with van der Waals surface area (Å²) in [4.78, 5) is 11.5. The van der Waals surface area contributed by atoms with Gasteiger partial charge in [-0.2, -0.15) is 11.8 Å². The second kappa shape index (κ2) is 5.00. The SMILES string of the molecule is CC(C)(O)CNC(=O)C1CSCCN1. The second-order valence-corrected chi connectivity index (χ2v) is 5.26. The number of aliphatic hydroxyl groups is 1. The lowest BCUT2D eigenvalue weighted by molar-refractivity contribution is -0.123. The third-order valence-corrected chi connectivity index (χ3v) is 3.00. The average Bonchev–Trinajstić information content (AvgIpc) is 2.14. The van der Waals surface area contributed by atoms with Crippen molar-refractivity contribution in [3.8, 4) is 0 Å². The summed E-state index contributed by atoms with van der Waals surface area (Å²) in [6.07, 6.45) is 0. The number of hydrogen-bond donors (Lipinski definition) is 3. The Morgan fingerprint density at radius 1 is 1.71 bits per heavy atom. The van der Waals surface area contributed by atoms with Crippen LogP contribution in [0.3, 0.4) is 0 Å². The molecule has 0 aliphatic carbocycles. The first-order valence-corrected chi connectivity index (χ1v) is 5.96. The number of thioether (sulfide) groups is 1. The normalized spacial score (nSPS) is 23.2. The van der Waals surface area contributed by atoms with Crippen LogP contribution in [0.25, 0.3) is 0 Å². The molecule has 3 N–H and O–H groups in total. The summed E-state index contributed by atoms with van der Waals surface area (Å²) in [6, 6.07) is -0.101. The zero-order chi connectivity index (χ0) is 10.6. The van der Waals surface area contributed by atoms with Crippen LogP contribution < -0.4 is 10.6 Å². The smallest absolute Gasteiger partial charge is 0.238 e. The fraction of sp³-hybridized carbons (Fsp3) is 0.889. The first-order valence-electron chi connectivity index (χ1n) is 4.80. The molecule has 1 amide bonds. The Labute approximate surface area is 88.8 Å². The molecule has 0 spiro atoms. The van der Waals surface area contributed by atoms with Crippen LogP contribution in [0.1, 0.15) is 13.8 Å². The molecule has 4 nitrogen and oxygen atoms in total. The van der Waals surface area contributed by atoms with Gasteiger partial charge in [0, 0.05) is 24.6 Å². The quantitative estimate of drug-likeness (QED) is 0.602. The maximum absolute atomic E-state index is 11.5. The minimum absolute atomic E-state index is 0.0145. The van der Waals surface area contributed by atoms with Crippen LogP contribution in [0, 0.1) is 0 Å². The number of carbonyl (C=O) groups excluding carboxylic acids is 1. The van der Waals surface area contributed by atoms with Crippen LogP contribution in [-0.4, -0.2) is 47.3 Å². The van der Waals surface area contributed by atoms with Gasteiger partial charge in [-0.3, -0.25) is 4.79 Å². The highest BCUT2D eigenvalue weighted by molar-refractivity contribution is 7.99. The number of hydrogen-bond acceptors (Lipinski definition) is 4. The number of carbonyl (C=O) groups is 1. The van der Waals surface area contributed by atoms with Crippen molar-refractivity contribution < 1.29 is 9.90 Å². The van der Waals surface area contributed by atoms with Gasteiger partial charge in [-0.25, -0.2) is 0 Å². The van der Waals surface area contributed by atoms with E-state index in [4.69, 9.17) is 0 Å². The lowest BCUT2D eigenvalue weighted by Crippen LogP contribution is -2.51. The Morgan fingerprint density at radius 2 is 2.43 bits per heavy atom. The van der Waals surface area contributed by atoms with Gasteiger partial charge < -0.3 is 15.7 Å². The van der Waals surface area contributed by atoms with Gasteiger partial charge in [-0.05, 0) is 13.8 Å². The topological polar surface area (TPSA) is 61.4 Å². The van der Waals surface area contributed by atoms with Gasteiger partial charge in [0.1, 0.15) is 0 Å². The molecular formula is C9H18N2O2S. The van der Waals surface area contributed by atoms with Crippen LogP contribution in [0.5, 0.6) is 0 Å². The van der Waals surface area contributed by atoms with E-state index >= 15 is 0 Å². The molecule has 0 saturated carbocycles. The van der Waals surface area contributed by atoms with Crippen LogP contribution in [0.2, 0.25) is 0 Å². The summed E-state index contributed by atoms with van der Waals surface area (Å²) in [7, 11) is 0. The van der Waals surface area contributed by atoms with Gasteiger partial charge in [-0.1, -0.05) is 0 Å².